The molecular weight excluding hydrogens is 837 g/mol. The molecule has 4 heterocycles. The van der Waals surface area contributed by atoms with Crippen LogP contribution in [0.25, 0.3) is 112 Å². The Kier molecular flexibility index (Phi) is 7.93. The predicted molar refractivity (Wildman–Crippen MR) is 286 cm³/mol. The molecule has 15 rings (SSSR count). The van der Waals surface area contributed by atoms with Crippen LogP contribution in [0.15, 0.2) is 193 Å². The van der Waals surface area contributed by atoms with E-state index >= 15 is 0 Å². The number of hydrogen-bond acceptors (Lipinski definition) is 2. The minimum absolute atomic E-state index is 0.213. The van der Waals surface area contributed by atoms with E-state index in [1.807, 2.05) is 22.7 Å². The van der Waals surface area contributed by atoms with Crippen LogP contribution >= 0.6 is 22.7 Å². The van der Waals surface area contributed by atoms with Crippen LogP contribution in [0.2, 0.25) is 0 Å². The minimum atomic E-state index is 0.213. The molecule has 0 N–H and O–H groups in total. The van der Waals surface area contributed by atoms with Crippen molar-refractivity contribution >= 4 is 118 Å². The lowest BCUT2D eigenvalue weighted by molar-refractivity contribution is 0.626. The van der Waals surface area contributed by atoms with Crippen LogP contribution in [0, 0.1) is 0 Å². The third kappa shape index (κ3) is 5.46. The van der Waals surface area contributed by atoms with Gasteiger partial charge in [0.15, 0.2) is 0 Å². The number of rotatable bonds is 4. The number of benzene rings is 8. The average molecular weight is 879 g/mol. The molecule has 0 radical (unpaired) electrons. The van der Waals surface area contributed by atoms with E-state index in [1.54, 1.807) is 0 Å². The van der Waals surface area contributed by atoms with Crippen molar-refractivity contribution in [3.8, 4) is 16.8 Å². The van der Waals surface area contributed by atoms with Crippen LogP contribution < -0.4 is 0 Å². The molecule has 1 unspecified atom stereocenters. The zero-order valence-corrected chi connectivity index (χ0v) is 37.9. The van der Waals surface area contributed by atoms with Gasteiger partial charge in [-0.15, -0.1) is 22.7 Å². The van der Waals surface area contributed by atoms with Crippen molar-refractivity contribution < 1.29 is 0 Å². The fourth-order valence-corrected chi connectivity index (χ4v) is 14.1. The molecule has 0 aliphatic heterocycles. The zero-order valence-electron chi connectivity index (χ0n) is 36.2. The summed E-state index contributed by atoms with van der Waals surface area (Å²) < 4.78 is 10.7. The van der Waals surface area contributed by atoms with Crippen molar-refractivity contribution in [3.05, 3.63) is 210 Å². The fourth-order valence-electron chi connectivity index (χ4n) is 11.9. The maximum atomic E-state index is 2.65. The van der Waals surface area contributed by atoms with E-state index in [9.17, 15) is 0 Å². The minimum Gasteiger partial charge on any atom is -0.333 e. The lowest BCUT2D eigenvalue weighted by Crippen LogP contribution is -2.12. The highest BCUT2D eigenvalue weighted by molar-refractivity contribution is 7.26. The van der Waals surface area contributed by atoms with Crippen LogP contribution in [0.3, 0.4) is 0 Å². The van der Waals surface area contributed by atoms with Gasteiger partial charge in [0.25, 0.3) is 0 Å². The van der Waals surface area contributed by atoms with Crippen LogP contribution in [0.1, 0.15) is 48.5 Å². The van der Waals surface area contributed by atoms with Crippen LogP contribution in [-0.4, -0.2) is 9.13 Å². The number of fused-ring (bicyclic) bond motifs is 14. The Morgan fingerprint density at radius 2 is 1.15 bits per heavy atom. The quantitative estimate of drug-likeness (QED) is 0.167. The molecule has 66 heavy (non-hydrogen) atoms. The molecule has 312 valence electrons. The molecule has 0 saturated carbocycles. The lowest BCUT2D eigenvalue weighted by Gasteiger charge is -2.27. The Morgan fingerprint density at radius 1 is 0.470 bits per heavy atom. The van der Waals surface area contributed by atoms with E-state index in [2.05, 4.69) is 197 Å². The van der Waals surface area contributed by atoms with Gasteiger partial charge in [-0.1, -0.05) is 115 Å². The summed E-state index contributed by atoms with van der Waals surface area (Å²) in [5.41, 5.74) is 16.2. The van der Waals surface area contributed by atoms with Gasteiger partial charge in [0, 0.05) is 79.0 Å². The summed E-state index contributed by atoms with van der Waals surface area (Å²) >= 11 is 3.78. The summed E-state index contributed by atoms with van der Waals surface area (Å²) in [5, 5.41) is 12.0. The Morgan fingerprint density at radius 3 is 1.98 bits per heavy atom. The van der Waals surface area contributed by atoms with E-state index < -0.39 is 0 Å². The normalized spacial score (nSPS) is 16.2. The number of aromatic nitrogens is 2. The maximum Gasteiger partial charge on any atom is 0.0566 e. The molecule has 2 nitrogen and oxygen atoms in total. The number of allylic oxidation sites excluding steroid dienone is 7. The molecule has 0 amide bonds. The highest BCUT2D eigenvalue weighted by Gasteiger charge is 2.28. The van der Waals surface area contributed by atoms with Crippen molar-refractivity contribution in [2.75, 3.05) is 0 Å². The molecule has 0 spiro atoms. The Labute approximate surface area is 390 Å². The molecule has 4 heteroatoms. The number of nitrogens with zero attached hydrogens (tertiary/aromatic N) is 2. The first-order valence-corrected chi connectivity index (χ1v) is 25.1. The smallest absolute Gasteiger partial charge is 0.0566 e. The molecule has 4 aromatic heterocycles. The number of hydrogen-bond donors (Lipinski definition) is 0. The highest BCUT2D eigenvalue weighted by Crippen LogP contribution is 2.47. The van der Waals surface area contributed by atoms with E-state index in [1.165, 1.54) is 134 Å². The largest absolute Gasteiger partial charge is 0.333 e. The van der Waals surface area contributed by atoms with E-state index in [0.717, 1.165) is 32.1 Å². The second kappa shape index (κ2) is 14.1. The molecule has 0 bridgehead atoms. The molecule has 3 aliphatic rings. The Hall–Kier alpha value is -7.24. The first-order chi connectivity index (χ1) is 32.7. The van der Waals surface area contributed by atoms with E-state index in [4.69, 9.17) is 0 Å². The lowest BCUT2D eigenvalue weighted by atomic mass is 9.83. The Balaban J connectivity index is 0.841. The SMILES string of the molecule is C1=Cc2c(n(-c3ccc4ccc(-c5ccc6sc7ccccc7c6c5)cc4c3)c3ccc4c(c5ccccc5n4C4C=CC5=C(C=C(c6ccc7sc8ccccc8c7c6)CC5)C4)c23)CC1. The number of thiophene rings is 2. The molecular formula is C62H42N2S2. The van der Waals surface area contributed by atoms with Gasteiger partial charge < -0.3 is 9.13 Å². The van der Waals surface area contributed by atoms with Gasteiger partial charge >= 0.3 is 0 Å². The van der Waals surface area contributed by atoms with Gasteiger partial charge in [-0.3, -0.25) is 0 Å². The monoisotopic (exact) mass is 878 g/mol. The second-order valence-corrected chi connectivity index (χ2v) is 20.8. The van der Waals surface area contributed by atoms with Crippen molar-refractivity contribution in [2.24, 2.45) is 0 Å². The highest BCUT2D eigenvalue weighted by atomic mass is 32.1. The van der Waals surface area contributed by atoms with E-state index in [0.29, 0.717) is 0 Å². The molecule has 8 aromatic carbocycles. The van der Waals surface area contributed by atoms with Crippen molar-refractivity contribution in [3.63, 3.8) is 0 Å². The van der Waals surface area contributed by atoms with Gasteiger partial charge in [-0.25, -0.2) is 0 Å². The first-order valence-electron chi connectivity index (χ1n) is 23.4. The first kappa shape index (κ1) is 37.0. The van der Waals surface area contributed by atoms with Gasteiger partial charge in [0.1, 0.15) is 0 Å². The third-order valence-corrected chi connectivity index (χ3v) is 17.3. The van der Waals surface area contributed by atoms with Gasteiger partial charge in [0.2, 0.25) is 0 Å². The number of para-hydroxylation sites is 1. The van der Waals surface area contributed by atoms with Gasteiger partial charge in [-0.05, 0) is 149 Å². The summed E-state index contributed by atoms with van der Waals surface area (Å²) in [5.74, 6) is 0. The summed E-state index contributed by atoms with van der Waals surface area (Å²) in [7, 11) is 0. The zero-order chi connectivity index (χ0) is 43.0. The maximum absolute atomic E-state index is 2.65. The summed E-state index contributed by atoms with van der Waals surface area (Å²) in [6.07, 6.45) is 17.5. The van der Waals surface area contributed by atoms with Crippen LogP contribution in [0.5, 0.6) is 0 Å². The molecule has 0 fully saturated rings. The second-order valence-electron chi connectivity index (χ2n) is 18.6. The molecule has 3 aliphatic carbocycles. The average Bonchev–Trinajstić information content (AvgIpc) is 4.13. The standard InChI is InChI=1S/C62H42N2S2/c1-5-13-53-49(11-1)61-55(63(53)45-25-21-37-17-19-39(31-43(37)33-45)41-23-29-59-51(35-41)47-9-3-7-15-57(47)65-59)27-28-56-62(61)50-12-2-6-14-54(50)64(56)46-26-22-38-18-20-40(32-44(38)34-46)42-24-30-60-52(36-42)48-10-4-8-16-58(48)66-60/h1-5,7-13,15-16,18,20-32,34-36,45H,6,14,17,19,33H2. The predicted octanol–water partition coefficient (Wildman–Crippen LogP) is 17.9. The van der Waals surface area contributed by atoms with Crippen molar-refractivity contribution in [1.82, 2.24) is 9.13 Å². The van der Waals surface area contributed by atoms with Crippen LogP contribution in [-0.2, 0) is 6.42 Å². The topological polar surface area (TPSA) is 9.86 Å². The van der Waals surface area contributed by atoms with E-state index in [-0.39, 0.29) is 6.04 Å². The van der Waals surface area contributed by atoms with Gasteiger partial charge in [-0.2, -0.15) is 0 Å². The van der Waals surface area contributed by atoms with Crippen molar-refractivity contribution in [1.29, 1.82) is 0 Å². The summed E-state index contributed by atoms with van der Waals surface area (Å²) in [4.78, 5) is 0. The Bertz CT molecular complexity index is 4210. The summed E-state index contributed by atoms with van der Waals surface area (Å²) in [6.45, 7) is 0. The molecule has 12 aromatic rings. The molecule has 1 atom stereocenters. The van der Waals surface area contributed by atoms with Crippen LogP contribution in [0.4, 0.5) is 0 Å². The third-order valence-electron chi connectivity index (χ3n) is 15.0. The van der Waals surface area contributed by atoms with Gasteiger partial charge in [0.05, 0.1) is 17.1 Å². The molecule has 0 saturated heterocycles. The van der Waals surface area contributed by atoms with Crippen molar-refractivity contribution in [2.45, 2.75) is 38.1 Å². The fraction of sp³-hybridized carbons (Fsp3) is 0.0968. The summed E-state index contributed by atoms with van der Waals surface area (Å²) in [6, 6.07) is 60.0.